The molecule has 0 saturated carbocycles. The Morgan fingerprint density at radius 3 is 3.08 bits per heavy atom. The number of hydrogen-bond donors (Lipinski definition) is 3. The average molecular weight is 324 g/mol. The minimum Gasteiger partial charge on any atom is -0.507 e. The number of phenolic OH excluding ortho intramolecular Hbond substituents is 1. The van der Waals surface area contributed by atoms with Gasteiger partial charge in [-0.25, -0.2) is 10.4 Å². The topological polar surface area (TPSA) is 99.6 Å². The number of nitrogens with one attached hydrogen (secondary N) is 2. The number of ether oxygens (including phenoxy) is 1. The Morgan fingerprint density at radius 2 is 2.25 bits per heavy atom. The number of fused-ring (bicyclic) bond motifs is 1. The van der Waals surface area contributed by atoms with Gasteiger partial charge < -0.3 is 14.8 Å². The van der Waals surface area contributed by atoms with Gasteiger partial charge in [0.15, 0.2) is 0 Å². The van der Waals surface area contributed by atoms with Crippen molar-refractivity contribution in [2.24, 2.45) is 5.10 Å². The normalized spacial score (nSPS) is 11.0. The smallest absolute Gasteiger partial charge is 0.244 e. The molecule has 1 heterocycles. The second-order valence-corrected chi connectivity index (χ2v) is 5.15. The minimum atomic E-state index is -0.257. The summed E-state index contributed by atoms with van der Waals surface area (Å²) in [6, 6.07) is 10.3. The summed E-state index contributed by atoms with van der Waals surface area (Å²) < 4.78 is 5.08. The zero-order valence-electron chi connectivity index (χ0n) is 13.0. The van der Waals surface area contributed by atoms with Crippen LogP contribution in [-0.2, 0) is 11.2 Å². The number of carbonyl (C=O) groups excluding carboxylic acids is 1. The highest BCUT2D eigenvalue weighted by molar-refractivity contribution is 5.86. The Bertz CT molecular complexity index is 902. The van der Waals surface area contributed by atoms with Gasteiger partial charge in [-0.3, -0.25) is 4.79 Å². The third-order valence-corrected chi connectivity index (χ3v) is 3.48. The summed E-state index contributed by atoms with van der Waals surface area (Å²) in [6.45, 7) is 0. The fourth-order valence-electron chi connectivity index (χ4n) is 2.25. The molecule has 3 aromatic rings. The molecule has 0 atom stereocenters. The van der Waals surface area contributed by atoms with Crippen LogP contribution < -0.4 is 10.2 Å². The number of rotatable bonds is 5. The van der Waals surface area contributed by atoms with Crippen LogP contribution in [0, 0.1) is 0 Å². The minimum absolute atomic E-state index is 0.0542. The number of nitrogens with zero attached hydrogens (tertiary/aromatic N) is 2. The van der Waals surface area contributed by atoms with Gasteiger partial charge in [0.1, 0.15) is 11.5 Å². The van der Waals surface area contributed by atoms with Crippen molar-refractivity contribution in [3.63, 3.8) is 0 Å². The van der Waals surface area contributed by atoms with Gasteiger partial charge in [-0.1, -0.05) is 6.07 Å². The quantitative estimate of drug-likeness (QED) is 0.493. The molecule has 0 unspecified atom stereocenters. The molecule has 0 saturated heterocycles. The molecular formula is C17H16N4O3. The first kappa shape index (κ1) is 15.5. The number of H-pyrrole nitrogens is 1. The summed E-state index contributed by atoms with van der Waals surface area (Å²) in [4.78, 5) is 19.1. The van der Waals surface area contributed by atoms with E-state index < -0.39 is 0 Å². The first-order valence-corrected chi connectivity index (χ1v) is 7.26. The third kappa shape index (κ3) is 3.52. The number of aromatic amines is 1. The van der Waals surface area contributed by atoms with Crippen molar-refractivity contribution in [2.75, 3.05) is 7.11 Å². The standard InChI is InChI=1S/C17H16N4O3/c1-24-13-3-5-16(22)12(8-13)9-20-21-17(23)7-11-2-4-14-15(6-11)19-10-18-14/h2-6,8-10,22H,7H2,1H3,(H,18,19)(H,21,23)/b20-9+. The maximum Gasteiger partial charge on any atom is 0.244 e. The van der Waals surface area contributed by atoms with Crippen molar-refractivity contribution in [1.29, 1.82) is 0 Å². The second kappa shape index (κ2) is 6.82. The van der Waals surface area contributed by atoms with Gasteiger partial charge in [0, 0.05) is 5.56 Å². The lowest BCUT2D eigenvalue weighted by molar-refractivity contribution is -0.120. The molecule has 1 aromatic heterocycles. The van der Waals surface area contributed by atoms with Crippen molar-refractivity contribution >= 4 is 23.2 Å². The zero-order valence-corrected chi connectivity index (χ0v) is 13.0. The maximum absolute atomic E-state index is 11.9. The summed E-state index contributed by atoms with van der Waals surface area (Å²) in [5, 5.41) is 13.6. The first-order valence-electron chi connectivity index (χ1n) is 7.26. The van der Waals surface area contributed by atoms with Crippen molar-refractivity contribution in [3.8, 4) is 11.5 Å². The predicted molar refractivity (Wildman–Crippen MR) is 90.2 cm³/mol. The molecule has 122 valence electrons. The number of aromatic nitrogens is 2. The molecule has 24 heavy (non-hydrogen) atoms. The van der Waals surface area contributed by atoms with Gasteiger partial charge in [-0.15, -0.1) is 0 Å². The fourth-order valence-corrected chi connectivity index (χ4v) is 2.25. The fraction of sp³-hybridized carbons (Fsp3) is 0.118. The molecule has 2 aromatic carbocycles. The van der Waals surface area contributed by atoms with E-state index in [1.165, 1.54) is 19.4 Å². The summed E-state index contributed by atoms with van der Waals surface area (Å²) in [5.74, 6) is 0.388. The average Bonchev–Trinajstić information content (AvgIpc) is 3.04. The molecule has 0 aliphatic carbocycles. The van der Waals surface area contributed by atoms with Crippen LogP contribution >= 0.6 is 0 Å². The molecule has 0 fully saturated rings. The van der Waals surface area contributed by atoms with E-state index in [9.17, 15) is 9.90 Å². The number of hydrazone groups is 1. The second-order valence-electron chi connectivity index (χ2n) is 5.15. The molecule has 3 rings (SSSR count). The number of methoxy groups -OCH3 is 1. The Kier molecular flexibility index (Phi) is 4.42. The van der Waals surface area contributed by atoms with E-state index in [0.717, 1.165) is 16.6 Å². The molecule has 0 aliphatic heterocycles. The van der Waals surface area contributed by atoms with Crippen LogP contribution in [0.5, 0.6) is 11.5 Å². The van der Waals surface area contributed by atoms with Crippen molar-refractivity contribution < 1.29 is 14.6 Å². The van der Waals surface area contributed by atoms with E-state index in [1.54, 1.807) is 18.5 Å². The van der Waals surface area contributed by atoms with E-state index in [-0.39, 0.29) is 18.1 Å². The highest BCUT2D eigenvalue weighted by Gasteiger charge is 2.05. The van der Waals surface area contributed by atoms with Crippen LogP contribution in [0.2, 0.25) is 0 Å². The number of aromatic hydroxyl groups is 1. The van der Waals surface area contributed by atoms with Gasteiger partial charge in [0.2, 0.25) is 5.91 Å². The molecule has 7 nitrogen and oxygen atoms in total. The number of benzene rings is 2. The van der Waals surface area contributed by atoms with E-state index in [0.29, 0.717) is 11.3 Å². The van der Waals surface area contributed by atoms with E-state index in [2.05, 4.69) is 20.5 Å². The number of carbonyl (C=O) groups is 1. The molecule has 0 spiro atoms. The van der Waals surface area contributed by atoms with Gasteiger partial charge >= 0.3 is 0 Å². The largest absolute Gasteiger partial charge is 0.507 e. The number of hydrogen-bond acceptors (Lipinski definition) is 5. The van der Waals surface area contributed by atoms with Gasteiger partial charge in [-0.2, -0.15) is 5.10 Å². The lowest BCUT2D eigenvalue weighted by atomic mass is 10.1. The Morgan fingerprint density at radius 1 is 1.38 bits per heavy atom. The van der Waals surface area contributed by atoms with E-state index in [4.69, 9.17) is 4.74 Å². The summed E-state index contributed by atoms with van der Waals surface area (Å²) >= 11 is 0. The van der Waals surface area contributed by atoms with Crippen LogP contribution in [0.3, 0.4) is 0 Å². The van der Waals surface area contributed by atoms with Gasteiger partial charge in [0.25, 0.3) is 0 Å². The van der Waals surface area contributed by atoms with Crippen molar-refractivity contribution in [2.45, 2.75) is 6.42 Å². The highest BCUT2D eigenvalue weighted by Crippen LogP contribution is 2.20. The van der Waals surface area contributed by atoms with Crippen LogP contribution in [-0.4, -0.2) is 34.3 Å². The molecule has 3 N–H and O–H groups in total. The Hall–Kier alpha value is -3.35. The maximum atomic E-state index is 11.9. The Labute approximate surface area is 138 Å². The predicted octanol–water partition coefficient (Wildman–Crippen LogP) is 1.97. The SMILES string of the molecule is COc1ccc(O)c(/C=N/NC(=O)Cc2ccc3nc[nH]c3c2)c1. The number of amides is 1. The molecule has 0 aliphatic rings. The van der Waals surface area contributed by atoms with E-state index in [1.807, 2.05) is 18.2 Å². The molecule has 0 bridgehead atoms. The highest BCUT2D eigenvalue weighted by atomic mass is 16.5. The summed E-state index contributed by atoms with van der Waals surface area (Å²) in [5.41, 5.74) is 5.47. The molecule has 0 radical (unpaired) electrons. The van der Waals surface area contributed by atoms with Gasteiger partial charge in [-0.05, 0) is 35.9 Å². The van der Waals surface area contributed by atoms with Crippen LogP contribution in [0.25, 0.3) is 11.0 Å². The zero-order chi connectivity index (χ0) is 16.9. The van der Waals surface area contributed by atoms with Crippen molar-refractivity contribution in [1.82, 2.24) is 15.4 Å². The summed E-state index contributed by atoms with van der Waals surface area (Å²) in [6.07, 6.45) is 3.17. The lowest BCUT2D eigenvalue weighted by Gasteiger charge is -2.03. The van der Waals surface area contributed by atoms with Gasteiger partial charge in [0.05, 0.1) is 37.1 Å². The summed E-state index contributed by atoms with van der Waals surface area (Å²) in [7, 11) is 1.53. The molecule has 7 heteroatoms. The number of phenols is 1. The third-order valence-electron chi connectivity index (χ3n) is 3.48. The Balaban J connectivity index is 1.62. The lowest BCUT2D eigenvalue weighted by Crippen LogP contribution is -2.19. The monoisotopic (exact) mass is 324 g/mol. The molecule has 1 amide bonds. The van der Waals surface area contributed by atoms with Crippen LogP contribution in [0.1, 0.15) is 11.1 Å². The number of imidazole rings is 1. The van der Waals surface area contributed by atoms with E-state index >= 15 is 0 Å². The first-order chi connectivity index (χ1) is 11.7. The van der Waals surface area contributed by atoms with Crippen molar-refractivity contribution in [3.05, 3.63) is 53.9 Å². The van der Waals surface area contributed by atoms with Crippen LogP contribution in [0.15, 0.2) is 47.8 Å². The van der Waals surface area contributed by atoms with Crippen LogP contribution in [0.4, 0.5) is 0 Å². The molecular weight excluding hydrogens is 308 g/mol.